The van der Waals surface area contributed by atoms with Gasteiger partial charge in [0.1, 0.15) is 5.75 Å². The summed E-state index contributed by atoms with van der Waals surface area (Å²) >= 11 is 4.23. The van der Waals surface area contributed by atoms with Crippen LogP contribution < -0.4 is 5.43 Å². The molecule has 0 heterocycles. The molecule has 0 fully saturated rings. The number of phenols is 1. The number of halogens is 2. The van der Waals surface area contributed by atoms with E-state index in [1.54, 1.807) is 6.07 Å². The van der Waals surface area contributed by atoms with Gasteiger partial charge in [-0.1, -0.05) is 18.2 Å². The second-order valence-electron chi connectivity index (χ2n) is 5.21. The fourth-order valence-corrected chi connectivity index (χ4v) is 3.89. The summed E-state index contributed by atoms with van der Waals surface area (Å²) in [5.41, 5.74) is 6.39. The topological polar surface area (TPSA) is 61.7 Å². The number of nitrogens with one attached hydrogen (secondary N) is 1. The SMILES string of the molecule is Cc1ccc(CC(=O)N/N=C\c2cc(I)cc(I)c2O)cc1C. The number of rotatable bonds is 4. The van der Waals surface area contributed by atoms with Crippen molar-refractivity contribution in [1.29, 1.82) is 0 Å². The number of carbonyl (C=O) groups excluding carboxylic acids is 1. The van der Waals surface area contributed by atoms with Gasteiger partial charge in [0.25, 0.3) is 0 Å². The van der Waals surface area contributed by atoms with Crippen molar-refractivity contribution < 1.29 is 9.90 Å². The van der Waals surface area contributed by atoms with E-state index in [0.717, 1.165) is 18.3 Å². The molecule has 23 heavy (non-hydrogen) atoms. The molecule has 0 atom stereocenters. The number of aromatic hydroxyl groups is 1. The highest BCUT2D eigenvalue weighted by Gasteiger charge is 2.06. The summed E-state index contributed by atoms with van der Waals surface area (Å²) < 4.78 is 1.74. The molecule has 0 bridgehead atoms. The van der Waals surface area contributed by atoms with Crippen molar-refractivity contribution in [1.82, 2.24) is 5.43 Å². The van der Waals surface area contributed by atoms with Crippen molar-refractivity contribution in [3.8, 4) is 5.75 Å². The van der Waals surface area contributed by atoms with Crippen LogP contribution in [0.4, 0.5) is 0 Å². The minimum absolute atomic E-state index is 0.165. The molecule has 4 nitrogen and oxygen atoms in total. The number of hydrogen-bond acceptors (Lipinski definition) is 3. The van der Waals surface area contributed by atoms with Gasteiger partial charge in [-0.15, -0.1) is 0 Å². The van der Waals surface area contributed by atoms with Crippen LogP contribution in [0.5, 0.6) is 5.75 Å². The molecular weight excluding hydrogens is 518 g/mol. The molecule has 6 heteroatoms. The average Bonchev–Trinajstić information content (AvgIpc) is 2.48. The normalized spacial score (nSPS) is 11.0. The van der Waals surface area contributed by atoms with Gasteiger partial charge in [0.05, 0.1) is 16.2 Å². The maximum atomic E-state index is 11.9. The Kier molecular flexibility index (Phi) is 6.40. The number of aryl methyl sites for hydroxylation is 2. The van der Waals surface area contributed by atoms with Gasteiger partial charge in [0, 0.05) is 9.13 Å². The van der Waals surface area contributed by atoms with Gasteiger partial charge < -0.3 is 5.11 Å². The number of nitrogens with zero attached hydrogens (tertiary/aromatic N) is 1. The molecule has 0 aliphatic heterocycles. The van der Waals surface area contributed by atoms with Crippen molar-refractivity contribution >= 4 is 57.3 Å². The Hall–Kier alpha value is -1.16. The molecule has 0 unspecified atom stereocenters. The predicted molar refractivity (Wildman–Crippen MR) is 109 cm³/mol. The fourth-order valence-electron chi connectivity index (χ4n) is 2.00. The third-order valence-electron chi connectivity index (χ3n) is 3.39. The number of hydrazone groups is 1. The quantitative estimate of drug-likeness (QED) is 0.355. The van der Waals surface area contributed by atoms with E-state index in [1.807, 2.05) is 38.1 Å². The zero-order valence-electron chi connectivity index (χ0n) is 12.7. The number of amides is 1. The van der Waals surface area contributed by atoms with E-state index >= 15 is 0 Å². The number of phenolic OH excluding ortho intramolecular Hbond substituents is 1. The Balaban J connectivity index is 2.00. The molecule has 0 saturated carbocycles. The predicted octanol–water partition coefficient (Wildman–Crippen LogP) is 3.91. The van der Waals surface area contributed by atoms with Crippen molar-refractivity contribution in [2.45, 2.75) is 20.3 Å². The minimum Gasteiger partial charge on any atom is -0.506 e. The highest BCUT2D eigenvalue weighted by atomic mass is 127. The lowest BCUT2D eigenvalue weighted by Crippen LogP contribution is -2.19. The molecule has 0 radical (unpaired) electrons. The molecule has 2 N–H and O–H groups in total. The molecule has 2 rings (SSSR count). The Morgan fingerprint density at radius 2 is 1.96 bits per heavy atom. The highest BCUT2D eigenvalue weighted by Crippen LogP contribution is 2.25. The lowest BCUT2D eigenvalue weighted by atomic mass is 10.0. The summed E-state index contributed by atoms with van der Waals surface area (Å²) in [5.74, 6) is -0.0255. The maximum Gasteiger partial charge on any atom is 0.244 e. The van der Waals surface area contributed by atoms with Gasteiger partial charge >= 0.3 is 0 Å². The first-order chi connectivity index (χ1) is 10.9. The Bertz CT molecular complexity index is 773. The van der Waals surface area contributed by atoms with Crippen LogP contribution in [0.1, 0.15) is 22.3 Å². The molecule has 0 saturated heterocycles. The fraction of sp³-hybridized carbons (Fsp3) is 0.176. The van der Waals surface area contributed by atoms with Gasteiger partial charge in [0.15, 0.2) is 0 Å². The van der Waals surface area contributed by atoms with Gasteiger partial charge in [-0.3, -0.25) is 4.79 Å². The largest absolute Gasteiger partial charge is 0.506 e. The van der Waals surface area contributed by atoms with Gasteiger partial charge in [-0.2, -0.15) is 5.10 Å². The van der Waals surface area contributed by atoms with Crippen LogP contribution in [0.3, 0.4) is 0 Å². The average molecular weight is 534 g/mol. The lowest BCUT2D eigenvalue weighted by Gasteiger charge is -2.05. The second kappa shape index (κ2) is 8.09. The highest BCUT2D eigenvalue weighted by molar-refractivity contribution is 14.1. The molecule has 0 aromatic heterocycles. The van der Waals surface area contributed by atoms with E-state index in [4.69, 9.17) is 0 Å². The van der Waals surface area contributed by atoms with Gasteiger partial charge in [0.2, 0.25) is 5.91 Å². The smallest absolute Gasteiger partial charge is 0.244 e. The molecular formula is C17H16I2N2O2. The van der Waals surface area contributed by atoms with E-state index in [9.17, 15) is 9.90 Å². The van der Waals surface area contributed by atoms with E-state index in [2.05, 4.69) is 55.7 Å². The number of hydrogen-bond donors (Lipinski definition) is 2. The standard InChI is InChI=1S/C17H16I2N2O2/c1-10-3-4-12(5-11(10)2)6-16(22)21-20-9-13-7-14(18)8-15(19)17(13)23/h3-5,7-9,23H,6H2,1-2H3,(H,21,22)/b20-9-. The van der Waals surface area contributed by atoms with E-state index in [-0.39, 0.29) is 18.1 Å². The summed E-state index contributed by atoms with van der Waals surface area (Å²) in [7, 11) is 0. The van der Waals surface area contributed by atoms with E-state index in [0.29, 0.717) is 5.56 Å². The van der Waals surface area contributed by atoms with E-state index < -0.39 is 0 Å². The van der Waals surface area contributed by atoms with Crippen LogP contribution in [0, 0.1) is 21.0 Å². The zero-order chi connectivity index (χ0) is 17.0. The Labute approximate surface area is 162 Å². The van der Waals surface area contributed by atoms with Crippen molar-refractivity contribution in [2.75, 3.05) is 0 Å². The molecule has 2 aromatic rings. The minimum atomic E-state index is -0.190. The van der Waals surface area contributed by atoms with Crippen molar-refractivity contribution in [3.05, 3.63) is 59.7 Å². The Morgan fingerprint density at radius 3 is 2.65 bits per heavy atom. The van der Waals surface area contributed by atoms with Crippen molar-refractivity contribution in [3.63, 3.8) is 0 Å². The molecule has 120 valence electrons. The number of benzene rings is 2. The monoisotopic (exact) mass is 534 g/mol. The maximum absolute atomic E-state index is 11.9. The summed E-state index contributed by atoms with van der Waals surface area (Å²) in [6.07, 6.45) is 1.73. The molecule has 0 spiro atoms. The van der Waals surface area contributed by atoms with Gasteiger partial charge in [-0.25, -0.2) is 5.43 Å². The first-order valence-corrected chi connectivity index (χ1v) is 9.08. The van der Waals surface area contributed by atoms with Crippen LogP contribution in [0.2, 0.25) is 0 Å². The number of carbonyl (C=O) groups is 1. The molecule has 2 aromatic carbocycles. The summed E-state index contributed by atoms with van der Waals surface area (Å²) in [5, 5.41) is 13.9. The Morgan fingerprint density at radius 1 is 1.22 bits per heavy atom. The lowest BCUT2D eigenvalue weighted by molar-refractivity contribution is -0.120. The van der Waals surface area contributed by atoms with Crippen molar-refractivity contribution in [2.24, 2.45) is 5.10 Å². The second-order valence-corrected chi connectivity index (χ2v) is 7.62. The first-order valence-electron chi connectivity index (χ1n) is 6.93. The molecule has 0 aliphatic carbocycles. The van der Waals surface area contributed by atoms with Crippen LogP contribution in [0.15, 0.2) is 35.4 Å². The molecule has 0 aliphatic rings. The van der Waals surface area contributed by atoms with Crippen LogP contribution >= 0.6 is 45.2 Å². The zero-order valence-corrected chi connectivity index (χ0v) is 17.0. The summed E-state index contributed by atoms with van der Waals surface area (Å²) in [6, 6.07) is 9.63. The third-order valence-corrected chi connectivity index (χ3v) is 4.83. The van der Waals surface area contributed by atoms with Crippen LogP contribution in [-0.2, 0) is 11.2 Å². The summed E-state index contributed by atoms with van der Waals surface area (Å²) in [4.78, 5) is 11.9. The first kappa shape index (κ1) is 18.2. The van der Waals surface area contributed by atoms with Crippen LogP contribution in [-0.4, -0.2) is 17.2 Å². The van der Waals surface area contributed by atoms with E-state index in [1.165, 1.54) is 11.8 Å². The van der Waals surface area contributed by atoms with Crippen LogP contribution in [0.25, 0.3) is 0 Å². The van der Waals surface area contributed by atoms with Gasteiger partial charge in [-0.05, 0) is 87.9 Å². The molecule has 1 amide bonds. The third kappa shape index (κ3) is 5.17. The summed E-state index contributed by atoms with van der Waals surface area (Å²) in [6.45, 7) is 4.06.